The van der Waals surface area contributed by atoms with Crippen LogP contribution in [0.1, 0.15) is 0 Å². The molecule has 2 aromatic carbocycles. The number of nitrogens with zero attached hydrogens (tertiary/aromatic N) is 3. The van der Waals surface area contributed by atoms with E-state index in [-0.39, 0.29) is 0 Å². The van der Waals surface area contributed by atoms with Crippen LogP contribution < -0.4 is 0 Å². The fourth-order valence-electron chi connectivity index (χ4n) is 1.78. The van der Waals surface area contributed by atoms with Gasteiger partial charge in [0.25, 0.3) is 0 Å². The van der Waals surface area contributed by atoms with Gasteiger partial charge in [-0.25, -0.2) is 0 Å². The van der Waals surface area contributed by atoms with Crippen LogP contribution in [-0.2, 0) is 0 Å². The van der Waals surface area contributed by atoms with Gasteiger partial charge in [-0.1, -0.05) is 48.5 Å². The number of nitrogens with one attached hydrogen (secondary N) is 1. The van der Waals surface area contributed by atoms with E-state index < -0.39 is 0 Å². The van der Waals surface area contributed by atoms with Crippen LogP contribution in [0.3, 0.4) is 0 Å². The van der Waals surface area contributed by atoms with Gasteiger partial charge in [0.1, 0.15) is 5.69 Å². The van der Waals surface area contributed by atoms with E-state index in [0.717, 1.165) is 22.6 Å². The third kappa shape index (κ3) is 2.57. The predicted octanol–water partition coefficient (Wildman–Crippen LogP) is 4.49. The summed E-state index contributed by atoms with van der Waals surface area (Å²) in [4.78, 5) is 0. The van der Waals surface area contributed by atoms with E-state index in [2.05, 4.69) is 20.4 Å². The average Bonchev–Trinajstić information content (AvgIpc) is 2.95. The van der Waals surface area contributed by atoms with E-state index in [1.165, 1.54) is 0 Å². The summed E-state index contributed by atoms with van der Waals surface area (Å²) < 4.78 is 0. The maximum absolute atomic E-state index is 4.24. The highest BCUT2D eigenvalue weighted by atomic mass is 15.2. The highest BCUT2D eigenvalue weighted by Gasteiger charge is 2.06. The van der Waals surface area contributed by atoms with Crippen molar-refractivity contribution in [3.8, 4) is 11.3 Å². The molecule has 3 aromatic rings. The molecule has 0 atom stereocenters. The summed E-state index contributed by atoms with van der Waals surface area (Å²) in [5.41, 5.74) is 3.47. The van der Waals surface area contributed by atoms with Gasteiger partial charge in [0.05, 0.1) is 17.6 Å². The summed E-state index contributed by atoms with van der Waals surface area (Å²) in [6.45, 7) is 0. The van der Waals surface area contributed by atoms with Crippen LogP contribution in [0.5, 0.6) is 0 Å². The zero-order valence-corrected chi connectivity index (χ0v) is 10.2. The number of rotatable bonds is 3. The van der Waals surface area contributed by atoms with Gasteiger partial charge < -0.3 is 0 Å². The summed E-state index contributed by atoms with van der Waals surface area (Å²) in [6, 6.07) is 19.6. The molecule has 0 fully saturated rings. The lowest BCUT2D eigenvalue weighted by Crippen LogP contribution is -1.77. The summed E-state index contributed by atoms with van der Waals surface area (Å²) in [7, 11) is 0. The zero-order valence-electron chi connectivity index (χ0n) is 10.2. The number of benzene rings is 2. The van der Waals surface area contributed by atoms with Gasteiger partial charge >= 0.3 is 0 Å². The van der Waals surface area contributed by atoms with Crippen LogP contribution in [0, 0.1) is 0 Å². The Morgan fingerprint density at radius 1 is 0.789 bits per heavy atom. The molecular weight excluding hydrogens is 236 g/mol. The molecule has 4 nitrogen and oxygen atoms in total. The lowest BCUT2D eigenvalue weighted by molar-refractivity contribution is 1.10. The van der Waals surface area contributed by atoms with Crippen molar-refractivity contribution in [2.24, 2.45) is 10.2 Å². The van der Waals surface area contributed by atoms with Crippen LogP contribution in [0.25, 0.3) is 11.3 Å². The molecule has 3 rings (SSSR count). The van der Waals surface area contributed by atoms with Crippen LogP contribution in [0.2, 0.25) is 0 Å². The fraction of sp³-hybridized carbons (Fsp3) is 0. The van der Waals surface area contributed by atoms with Crippen molar-refractivity contribution < 1.29 is 0 Å². The number of azo groups is 1. The van der Waals surface area contributed by atoms with Crippen molar-refractivity contribution in [3.63, 3.8) is 0 Å². The maximum Gasteiger partial charge on any atom is 0.131 e. The lowest BCUT2D eigenvalue weighted by atomic mass is 10.1. The molecule has 0 radical (unpaired) electrons. The molecule has 0 unspecified atom stereocenters. The number of H-pyrrole nitrogens is 1. The minimum absolute atomic E-state index is 0.732. The molecule has 0 aliphatic carbocycles. The minimum atomic E-state index is 0.732. The van der Waals surface area contributed by atoms with E-state index in [0.29, 0.717) is 0 Å². The quantitative estimate of drug-likeness (QED) is 0.682. The van der Waals surface area contributed by atoms with Crippen LogP contribution in [-0.4, -0.2) is 10.2 Å². The molecule has 0 aliphatic rings. The second-order valence-electron chi connectivity index (χ2n) is 4.03. The molecule has 0 saturated carbocycles. The molecule has 1 aromatic heterocycles. The number of aromatic amines is 1. The van der Waals surface area contributed by atoms with Gasteiger partial charge in [0.15, 0.2) is 0 Å². The number of hydrogen-bond acceptors (Lipinski definition) is 3. The Labute approximate surface area is 110 Å². The third-order valence-corrected chi connectivity index (χ3v) is 2.71. The zero-order chi connectivity index (χ0) is 12.9. The highest BCUT2D eigenvalue weighted by molar-refractivity contribution is 5.71. The number of hydrogen-bond donors (Lipinski definition) is 1. The average molecular weight is 248 g/mol. The maximum atomic E-state index is 4.24. The summed E-state index contributed by atoms with van der Waals surface area (Å²) in [5, 5.41) is 15.4. The molecule has 1 heterocycles. The Kier molecular flexibility index (Phi) is 3.14. The summed E-state index contributed by atoms with van der Waals surface area (Å²) in [6.07, 6.45) is 1.68. The van der Waals surface area contributed by atoms with Gasteiger partial charge in [0.2, 0.25) is 0 Å². The summed E-state index contributed by atoms with van der Waals surface area (Å²) in [5.74, 6) is 0. The Morgan fingerprint density at radius 2 is 1.47 bits per heavy atom. The Hall–Kier alpha value is -2.75. The van der Waals surface area contributed by atoms with Crippen molar-refractivity contribution in [2.75, 3.05) is 0 Å². The van der Waals surface area contributed by atoms with Gasteiger partial charge in [-0.15, -0.1) is 5.11 Å². The normalized spacial score (nSPS) is 10.9. The van der Waals surface area contributed by atoms with E-state index >= 15 is 0 Å². The second kappa shape index (κ2) is 5.27. The van der Waals surface area contributed by atoms with Crippen molar-refractivity contribution in [3.05, 3.63) is 66.9 Å². The van der Waals surface area contributed by atoms with Gasteiger partial charge in [-0.2, -0.15) is 10.2 Å². The molecule has 0 saturated heterocycles. The third-order valence-electron chi connectivity index (χ3n) is 2.71. The predicted molar refractivity (Wildman–Crippen MR) is 74.6 cm³/mol. The van der Waals surface area contributed by atoms with Crippen molar-refractivity contribution in [1.82, 2.24) is 10.2 Å². The molecule has 92 valence electrons. The van der Waals surface area contributed by atoms with Crippen molar-refractivity contribution in [2.45, 2.75) is 0 Å². The van der Waals surface area contributed by atoms with Crippen LogP contribution >= 0.6 is 0 Å². The SMILES string of the molecule is c1ccc(N=Nc2cn[nH]c2-c2ccccc2)cc1. The van der Waals surface area contributed by atoms with E-state index in [1.54, 1.807) is 6.20 Å². The largest absolute Gasteiger partial charge is 0.275 e. The first-order valence-corrected chi connectivity index (χ1v) is 5.99. The standard InChI is InChI=1S/C15H12N4/c1-3-7-12(8-4-1)15-14(11-16-19-15)18-17-13-9-5-2-6-10-13/h1-11H,(H,16,19). The highest BCUT2D eigenvalue weighted by Crippen LogP contribution is 2.28. The van der Waals surface area contributed by atoms with Gasteiger partial charge in [-0.05, 0) is 12.1 Å². The second-order valence-corrected chi connectivity index (χ2v) is 4.03. The topological polar surface area (TPSA) is 53.4 Å². The monoisotopic (exact) mass is 248 g/mol. The molecule has 0 aliphatic heterocycles. The molecule has 4 heteroatoms. The molecule has 0 spiro atoms. The summed E-state index contributed by atoms with van der Waals surface area (Å²) >= 11 is 0. The Balaban J connectivity index is 1.91. The molecule has 1 N–H and O–H groups in total. The number of aromatic nitrogens is 2. The van der Waals surface area contributed by atoms with E-state index in [4.69, 9.17) is 0 Å². The molecular formula is C15H12N4. The van der Waals surface area contributed by atoms with Crippen molar-refractivity contribution in [1.29, 1.82) is 0 Å². The van der Waals surface area contributed by atoms with Crippen molar-refractivity contribution >= 4 is 11.4 Å². The Bertz CT molecular complexity index is 672. The fourth-order valence-corrected chi connectivity index (χ4v) is 1.78. The molecule has 19 heavy (non-hydrogen) atoms. The van der Waals surface area contributed by atoms with Gasteiger partial charge in [-0.3, -0.25) is 5.10 Å². The Morgan fingerprint density at radius 3 is 2.21 bits per heavy atom. The van der Waals surface area contributed by atoms with Gasteiger partial charge in [0, 0.05) is 5.56 Å². The first-order valence-electron chi connectivity index (χ1n) is 5.99. The van der Waals surface area contributed by atoms with Crippen LogP contribution in [0.4, 0.5) is 11.4 Å². The smallest absolute Gasteiger partial charge is 0.131 e. The minimum Gasteiger partial charge on any atom is -0.275 e. The molecule has 0 amide bonds. The van der Waals surface area contributed by atoms with Crippen LogP contribution in [0.15, 0.2) is 77.1 Å². The first kappa shape index (κ1) is 11.3. The first-order chi connectivity index (χ1) is 9.43. The lowest BCUT2D eigenvalue weighted by Gasteiger charge is -1.97. The molecule has 0 bridgehead atoms. The van der Waals surface area contributed by atoms with E-state index in [9.17, 15) is 0 Å². The van der Waals surface area contributed by atoms with E-state index in [1.807, 2.05) is 60.7 Å².